The van der Waals surface area contributed by atoms with Crippen molar-refractivity contribution in [2.45, 2.75) is 20.0 Å². The van der Waals surface area contributed by atoms with Crippen LogP contribution < -0.4 is 9.47 Å². The van der Waals surface area contributed by atoms with Crippen molar-refractivity contribution in [3.63, 3.8) is 0 Å². The topological polar surface area (TPSA) is 61.6 Å². The molecule has 0 radical (unpaired) electrons. The fraction of sp³-hybridized carbons (Fsp3) is 0.222. The molecule has 0 heterocycles. The van der Waals surface area contributed by atoms with Gasteiger partial charge >= 0.3 is 0 Å². The first-order chi connectivity index (χ1) is 11.0. The summed E-state index contributed by atoms with van der Waals surface area (Å²) in [5, 5.41) is 10.9. The Morgan fingerprint density at radius 3 is 2.61 bits per heavy atom. The predicted molar refractivity (Wildman–Crippen MR) is 89.8 cm³/mol. The van der Waals surface area contributed by atoms with Crippen molar-refractivity contribution in [1.82, 2.24) is 0 Å². The Hall–Kier alpha value is -2.82. The van der Waals surface area contributed by atoms with Crippen LogP contribution in [0.3, 0.4) is 0 Å². The van der Waals surface area contributed by atoms with E-state index in [1.165, 1.54) is 12.1 Å². The summed E-state index contributed by atoms with van der Waals surface area (Å²) in [4.78, 5) is 10.5. The number of hydrogen-bond donors (Lipinski definition) is 0. The van der Waals surface area contributed by atoms with E-state index >= 15 is 0 Å². The van der Waals surface area contributed by atoms with Crippen LogP contribution in [0.15, 0.2) is 48.5 Å². The molecule has 0 bridgehead atoms. The highest BCUT2D eigenvalue weighted by Crippen LogP contribution is 2.33. The molecule has 0 aliphatic carbocycles. The fourth-order valence-corrected chi connectivity index (χ4v) is 2.23. The monoisotopic (exact) mass is 313 g/mol. The van der Waals surface area contributed by atoms with E-state index in [9.17, 15) is 10.1 Å². The first-order valence-electron chi connectivity index (χ1n) is 7.27. The predicted octanol–water partition coefficient (Wildman–Crippen LogP) is 4.78. The highest BCUT2D eigenvalue weighted by Gasteiger charge is 2.14. The Morgan fingerprint density at radius 1 is 1.17 bits per heavy atom. The molecule has 2 aromatic carbocycles. The van der Waals surface area contributed by atoms with Crippen molar-refractivity contribution in [1.29, 1.82) is 0 Å². The smallest absolute Gasteiger partial charge is 0.269 e. The van der Waals surface area contributed by atoms with Gasteiger partial charge < -0.3 is 9.47 Å². The maximum Gasteiger partial charge on any atom is 0.269 e. The van der Waals surface area contributed by atoms with Gasteiger partial charge in [-0.15, -0.1) is 0 Å². The first kappa shape index (κ1) is 16.5. The second-order valence-corrected chi connectivity index (χ2v) is 5.02. The fourth-order valence-electron chi connectivity index (χ4n) is 2.23. The van der Waals surface area contributed by atoms with Gasteiger partial charge in [0.15, 0.2) is 11.5 Å². The van der Waals surface area contributed by atoms with Gasteiger partial charge in [-0.1, -0.05) is 30.4 Å². The van der Waals surface area contributed by atoms with Gasteiger partial charge in [-0.05, 0) is 37.1 Å². The lowest BCUT2D eigenvalue weighted by atomic mass is 10.1. The number of allylic oxidation sites excluding steroid dienone is 1. The van der Waals surface area contributed by atoms with Crippen LogP contribution in [0, 0.1) is 10.1 Å². The van der Waals surface area contributed by atoms with Gasteiger partial charge in [0.05, 0.1) is 12.0 Å². The van der Waals surface area contributed by atoms with Crippen molar-refractivity contribution in [2.75, 3.05) is 7.11 Å². The zero-order chi connectivity index (χ0) is 16.8. The molecule has 5 heteroatoms. The van der Waals surface area contributed by atoms with Crippen LogP contribution in [-0.2, 0) is 0 Å². The third-order valence-electron chi connectivity index (χ3n) is 3.40. The zero-order valence-electron chi connectivity index (χ0n) is 13.4. The molecule has 0 unspecified atom stereocenters. The van der Waals surface area contributed by atoms with Gasteiger partial charge in [0.25, 0.3) is 5.69 Å². The number of ether oxygens (including phenoxy) is 2. The molecule has 0 amide bonds. The van der Waals surface area contributed by atoms with Crippen LogP contribution in [0.2, 0.25) is 0 Å². The minimum absolute atomic E-state index is 0.0494. The van der Waals surface area contributed by atoms with E-state index in [1.54, 1.807) is 19.2 Å². The van der Waals surface area contributed by atoms with Gasteiger partial charge in [-0.25, -0.2) is 0 Å². The normalized spacial score (nSPS) is 12.1. The highest BCUT2D eigenvalue weighted by molar-refractivity contribution is 5.55. The number of non-ortho nitro benzene ring substituents is 1. The molecule has 1 atom stereocenters. The van der Waals surface area contributed by atoms with Crippen LogP contribution in [0.25, 0.3) is 6.08 Å². The van der Waals surface area contributed by atoms with E-state index in [4.69, 9.17) is 9.47 Å². The molecule has 120 valence electrons. The van der Waals surface area contributed by atoms with Crippen molar-refractivity contribution < 1.29 is 14.4 Å². The standard InChI is InChI=1S/C18H19NO4/c1-4-6-14-9-10-17(18(11-14)22-3)23-13(2)15-7-5-8-16(12-15)19(20)21/h4-13H,1-3H3/b6-4+/t13-/m0/s1. The van der Waals surface area contributed by atoms with Gasteiger partial charge in [-0.3, -0.25) is 10.1 Å². The summed E-state index contributed by atoms with van der Waals surface area (Å²) in [6.07, 6.45) is 3.58. The van der Waals surface area contributed by atoms with Crippen LogP contribution in [0.4, 0.5) is 5.69 Å². The lowest BCUT2D eigenvalue weighted by Crippen LogP contribution is -2.05. The minimum Gasteiger partial charge on any atom is -0.493 e. The third-order valence-corrected chi connectivity index (χ3v) is 3.40. The average Bonchev–Trinajstić information content (AvgIpc) is 2.56. The zero-order valence-corrected chi connectivity index (χ0v) is 13.4. The second kappa shape index (κ2) is 7.45. The summed E-state index contributed by atoms with van der Waals surface area (Å²) in [7, 11) is 1.58. The number of nitro groups is 1. The van der Waals surface area contributed by atoms with Gasteiger partial charge in [0, 0.05) is 12.1 Å². The number of methoxy groups -OCH3 is 1. The van der Waals surface area contributed by atoms with Gasteiger partial charge in [0.1, 0.15) is 6.10 Å². The molecular weight excluding hydrogens is 294 g/mol. The Kier molecular flexibility index (Phi) is 5.36. The third kappa shape index (κ3) is 4.10. The maximum atomic E-state index is 10.9. The van der Waals surface area contributed by atoms with E-state index in [2.05, 4.69) is 0 Å². The maximum absolute atomic E-state index is 10.9. The second-order valence-electron chi connectivity index (χ2n) is 5.02. The Balaban J connectivity index is 2.24. The van der Waals surface area contributed by atoms with Crippen LogP contribution in [0.1, 0.15) is 31.1 Å². The van der Waals surface area contributed by atoms with E-state index < -0.39 is 4.92 Å². The van der Waals surface area contributed by atoms with E-state index in [-0.39, 0.29) is 11.8 Å². The summed E-state index contributed by atoms with van der Waals surface area (Å²) in [6, 6.07) is 12.1. The number of nitro benzene ring substituents is 1. The quantitative estimate of drug-likeness (QED) is 0.569. The number of nitrogens with zero attached hydrogens (tertiary/aromatic N) is 1. The molecule has 0 aliphatic heterocycles. The van der Waals surface area contributed by atoms with E-state index in [1.807, 2.05) is 44.2 Å². The van der Waals surface area contributed by atoms with Gasteiger partial charge in [-0.2, -0.15) is 0 Å². The highest BCUT2D eigenvalue weighted by atomic mass is 16.6. The molecule has 23 heavy (non-hydrogen) atoms. The van der Waals surface area contributed by atoms with Crippen LogP contribution in [-0.4, -0.2) is 12.0 Å². The number of hydrogen-bond acceptors (Lipinski definition) is 4. The summed E-state index contributed by atoms with van der Waals surface area (Å²) < 4.78 is 11.3. The molecule has 0 fully saturated rings. The van der Waals surface area contributed by atoms with Crippen molar-refractivity contribution >= 4 is 11.8 Å². The molecule has 2 aromatic rings. The number of rotatable bonds is 6. The molecule has 0 spiro atoms. The summed E-state index contributed by atoms with van der Waals surface area (Å²) in [6.45, 7) is 3.79. The molecular formula is C18H19NO4. The van der Waals surface area contributed by atoms with Gasteiger partial charge in [0.2, 0.25) is 0 Å². The largest absolute Gasteiger partial charge is 0.493 e. The SMILES string of the molecule is C/C=C/c1ccc(O[C@@H](C)c2cccc([N+](=O)[O-])c2)c(OC)c1. The van der Waals surface area contributed by atoms with Crippen LogP contribution >= 0.6 is 0 Å². The lowest BCUT2D eigenvalue weighted by molar-refractivity contribution is -0.385. The Morgan fingerprint density at radius 2 is 1.96 bits per heavy atom. The molecule has 5 nitrogen and oxygen atoms in total. The Bertz CT molecular complexity index is 725. The molecule has 0 N–H and O–H groups in total. The van der Waals surface area contributed by atoms with E-state index in [0.717, 1.165) is 11.1 Å². The van der Waals surface area contributed by atoms with Crippen molar-refractivity contribution in [3.8, 4) is 11.5 Å². The molecule has 0 aliphatic rings. The summed E-state index contributed by atoms with van der Waals surface area (Å²) >= 11 is 0. The van der Waals surface area contributed by atoms with Crippen molar-refractivity contribution in [2.24, 2.45) is 0 Å². The molecule has 0 saturated carbocycles. The number of benzene rings is 2. The van der Waals surface area contributed by atoms with Crippen molar-refractivity contribution in [3.05, 3.63) is 69.8 Å². The average molecular weight is 313 g/mol. The summed E-state index contributed by atoms with van der Waals surface area (Å²) in [5.41, 5.74) is 1.80. The summed E-state index contributed by atoms with van der Waals surface area (Å²) in [5.74, 6) is 1.22. The van der Waals surface area contributed by atoms with E-state index in [0.29, 0.717) is 11.5 Å². The molecule has 2 rings (SSSR count). The molecule has 0 aromatic heterocycles. The minimum atomic E-state index is -0.414. The van der Waals surface area contributed by atoms with Crippen LogP contribution in [0.5, 0.6) is 11.5 Å². The lowest BCUT2D eigenvalue weighted by Gasteiger charge is -2.17. The molecule has 0 saturated heterocycles. The first-order valence-corrected chi connectivity index (χ1v) is 7.27. The Labute approximate surface area is 135 Å².